The molecule has 3 N–H and O–H groups in total. The molecule has 0 saturated carbocycles. The summed E-state index contributed by atoms with van der Waals surface area (Å²) >= 11 is 0. The number of imide groups is 1. The van der Waals surface area contributed by atoms with Crippen LogP contribution in [-0.2, 0) is 21.5 Å². The van der Waals surface area contributed by atoms with Crippen LogP contribution in [-0.4, -0.2) is 40.2 Å². The Bertz CT molecular complexity index is 1620. The Hall–Kier alpha value is -4.92. The highest BCUT2D eigenvalue weighted by molar-refractivity contribution is 6.23. The second-order valence-electron chi connectivity index (χ2n) is 9.68. The maximum atomic E-state index is 13.8. The highest BCUT2D eigenvalue weighted by Gasteiger charge is 2.59. The van der Waals surface area contributed by atoms with E-state index in [9.17, 15) is 19.2 Å². The quantitative estimate of drug-likeness (QED) is 0.350. The third-order valence-electron chi connectivity index (χ3n) is 7.32. The van der Waals surface area contributed by atoms with Gasteiger partial charge in [0.1, 0.15) is 0 Å². The standard InChI is InChI=1S/C29H25N5O4/c1-17(35)30-19-9-11-20(12-10-19)31-26(36)18-7-13-21(14-8-18)34-27(37)29(2)25-23(15-16-33(29)28(34)38)22-5-3-4-6-24(22)32-25/h3-14,32H,15-16H2,1-2H3,(H,30,35)(H,31,36). The molecule has 2 aliphatic heterocycles. The Labute approximate surface area is 218 Å². The molecule has 0 radical (unpaired) electrons. The minimum absolute atomic E-state index is 0.177. The van der Waals surface area contributed by atoms with Crippen LogP contribution in [0.3, 0.4) is 0 Å². The molecule has 1 fully saturated rings. The molecule has 5 amide bonds. The number of aromatic amines is 1. The number of H-pyrrole nitrogens is 1. The molecular formula is C29H25N5O4. The summed E-state index contributed by atoms with van der Waals surface area (Å²) in [5.41, 5.74) is 3.61. The molecule has 1 saturated heterocycles. The van der Waals surface area contributed by atoms with E-state index in [4.69, 9.17) is 0 Å². The monoisotopic (exact) mass is 507 g/mol. The largest absolute Gasteiger partial charge is 0.356 e. The molecule has 3 aromatic carbocycles. The zero-order valence-corrected chi connectivity index (χ0v) is 20.9. The minimum atomic E-state index is -1.14. The SMILES string of the molecule is CC(=O)Nc1ccc(NC(=O)c2ccc(N3C(=O)N4CCc5c([nH]c6ccccc56)C4(C)C3=O)cc2)cc1. The van der Waals surface area contributed by atoms with Gasteiger partial charge in [-0.1, -0.05) is 18.2 Å². The third-order valence-corrected chi connectivity index (χ3v) is 7.32. The molecule has 9 nitrogen and oxygen atoms in total. The molecule has 0 spiro atoms. The summed E-state index contributed by atoms with van der Waals surface area (Å²) in [4.78, 5) is 57.4. The van der Waals surface area contributed by atoms with Crippen molar-refractivity contribution in [2.45, 2.75) is 25.8 Å². The molecule has 38 heavy (non-hydrogen) atoms. The van der Waals surface area contributed by atoms with Gasteiger partial charge in [-0.2, -0.15) is 0 Å². The summed E-state index contributed by atoms with van der Waals surface area (Å²) in [6.07, 6.45) is 0.659. The van der Waals surface area contributed by atoms with Crippen molar-refractivity contribution in [2.75, 3.05) is 22.1 Å². The summed E-state index contributed by atoms with van der Waals surface area (Å²) in [6, 6.07) is 20.7. The van der Waals surface area contributed by atoms with Gasteiger partial charge in [0.05, 0.1) is 11.4 Å². The zero-order valence-electron chi connectivity index (χ0n) is 20.9. The Kier molecular flexibility index (Phi) is 5.30. The lowest BCUT2D eigenvalue weighted by Gasteiger charge is -2.35. The Morgan fingerprint density at radius 1 is 0.895 bits per heavy atom. The van der Waals surface area contributed by atoms with Crippen molar-refractivity contribution < 1.29 is 19.2 Å². The number of aromatic nitrogens is 1. The van der Waals surface area contributed by atoms with E-state index in [0.29, 0.717) is 35.6 Å². The van der Waals surface area contributed by atoms with Crippen LogP contribution in [0.4, 0.5) is 21.9 Å². The number of hydrogen-bond acceptors (Lipinski definition) is 4. The van der Waals surface area contributed by atoms with Gasteiger partial charge in [-0.25, -0.2) is 9.69 Å². The van der Waals surface area contributed by atoms with Gasteiger partial charge < -0.3 is 20.5 Å². The van der Waals surface area contributed by atoms with Crippen LogP contribution in [0, 0.1) is 0 Å². The van der Waals surface area contributed by atoms with Gasteiger partial charge in [0.2, 0.25) is 5.91 Å². The number of urea groups is 1. The maximum Gasteiger partial charge on any atom is 0.332 e. The fraction of sp³-hybridized carbons (Fsp3) is 0.172. The number of fused-ring (bicyclic) bond motifs is 5. The van der Waals surface area contributed by atoms with Gasteiger partial charge in [-0.15, -0.1) is 0 Å². The number of nitrogens with one attached hydrogen (secondary N) is 3. The first-order chi connectivity index (χ1) is 18.3. The van der Waals surface area contributed by atoms with Crippen molar-refractivity contribution in [2.24, 2.45) is 0 Å². The molecule has 2 aliphatic rings. The first-order valence-corrected chi connectivity index (χ1v) is 12.3. The number of carbonyl (C=O) groups excluding carboxylic acids is 4. The first-order valence-electron chi connectivity index (χ1n) is 12.3. The molecule has 1 aromatic heterocycles. The van der Waals surface area contributed by atoms with Gasteiger partial charge in [-0.05, 0) is 73.5 Å². The van der Waals surface area contributed by atoms with E-state index in [1.807, 2.05) is 24.3 Å². The van der Waals surface area contributed by atoms with Gasteiger partial charge >= 0.3 is 6.03 Å². The molecule has 1 atom stereocenters. The number of benzene rings is 3. The maximum absolute atomic E-state index is 13.8. The fourth-order valence-electron chi connectivity index (χ4n) is 5.42. The highest BCUT2D eigenvalue weighted by Crippen LogP contribution is 2.45. The molecule has 190 valence electrons. The van der Waals surface area contributed by atoms with Crippen molar-refractivity contribution in [1.29, 1.82) is 0 Å². The molecular weight excluding hydrogens is 482 g/mol. The van der Waals surface area contributed by atoms with E-state index in [-0.39, 0.29) is 23.8 Å². The summed E-state index contributed by atoms with van der Waals surface area (Å²) in [6.45, 7) is 3.65. The number of amides is 5. The molecule has 0 aliphatic carbocycles. The summed E-state index contributed by atoms with van der Waals surface area (Å²) < 4.78 is 0. The second-order valence-corrected chi connectivity index (χ2v) is 9.68. The van der Waals surface area contributed by atoms with Crippen LogP contribution in [0.15, 0.2) is 72.8 Å². The lowest BCUT2D eigenvalue weighted by atomic mass is 9.87. The van der Waals surface area contributed by atoms with Gasteiger partial charge in [-0.3, -0.25) is 14.4 Å². The average molecular weight is 508 g/mol. The molecule has 0 bridgehead atoms. The topological polar surface area (TPSA) is 115 Å². The van der Waals surface area contributed by atoms with Gasteiger partial charge in [0.15, 0.2) is 5.54 Å². The number of nitrogens with zero attached hydrogens (tertiary/aromatic N) is 2. The van der Waals surface area contributed by atoms with Crippen molar-refractivity contribution >= 4 is 51.7 Å². The van der Waals surface area contributed by atoms with Crippen molar-refractivity contribution in [3.8, 4) is 0 Å². The van der Waals surface area contributed by atoms with E-state index in [1.54, 1.807) is 60.4 Å². The van der Waals surface area contributed by atoms with Gasteiger partial charge in [0, 0.05) is 41.3 Å². The van der Waals surface area contributed by atoms with E-state index in [2.05, 4.69) is 15.6 Å². The molecule has 3 heterocycles. The lowest BCUT2D eigenvalue weighted by molar-refractivity contribution is -0.125. The van der Waals surface area contributed by atoms with Crippen LogP contribution in [0.5, 0.6) is 0 Å². The number of rotatable bonds is 4. The van der Waals surface area contributed by atoms with Crippen molar-refractivity contribution in [3.05, 3.63) is 89.6 Å². The second kappa shape index (κ2) is 8.58. The predicted octanol–water partition coefficient (Wildman–Crippen LogP) is 4.62. The van der Waals surface area contributed by atoms with E-state index in [1.165, 1.54) is 11.8 Å². The Morgan fingerprint density at radius 3 is 2.24 bits per heavy atom. The number of anilines is 3. The summed E-state index contributed by atoms with van der Waals surface area (Å²) in [5, 5.41) is 6.55. The number of carbonyl (C=O) groups is 4. The number of para-hydroxylation sites is 1. The van der Waals surface area contributed by atoms with E-state index < -0.39 is 5.54 Å². The fourth-order valence-corrected chi connectivity index (χ4v) is 5.42. The first kappa shape index (κ1) is 23.5. The Balaban J connectivity index is 1.24. The Morgan fingerprint density at radius 2 is 1.55 bits per heavy atom. The normalized spacial score (nSPS) is 18.4. The van der Waals surface area contributed by atoms with Crippen LogP contribution in [0.2, 0.25) is 0 Å². The minimum Gasteiger partial charge on any atom is -0.356 e. The van der Waals surface area contributed by atoms with E-state index in [0.717, 1.165) is 22.2 Å². The molecule has 1 unspecified atom stereocenters. The smallest absolute Gasteiger partial charge is 0.332 e. The van der Waals surface area contributed by atoms with Crippen LogP contribution < -0.4 is 15.5 Å². The van der Waals surface area contributed by atoms with E-state index >= 15 is 0 Å². The molecule has 4 aromatic rings. The van der Waals surface area contributed by atoms with Crippen molar-refractivity contribution in [3.63, 3.8) is 0 Å². The number of hydrogen-bond donors (Lipinski definition) is 3. The third kappa shape index (κ3) is 3.54. The average Bonchev–Trinajstić information content (AvgIpc) is 3.38. The van der Waals surface area contributed by atoms with Gasteiger partial charge in [0.25, 0.3) is 11.8 Å². The summed E-state index contributed by atoms with van der Waals surface area (Å²) in [7, 11) is 0. The molecule has 9 heteroatoms. The predicted molar refractivity (Wildman–Crippen MR) is 144 cm³/mol. The molecule has 6 rings (SSSR count). The highest BCUT2D eigenvalue weighted by atomic mass is 16.2. The van der Waals surface area contributed by atoms with Crippen molar-refractivity contribution in [1.82, 2.24) is 9.88 Å². The zero-order chi connectivity index (χ0) is 26.6. The van der Waals surface area contributed by atoms with Crippen LogP contribution >= 0.6 is 0 Å². The van der Waals surface area contributed by atoms with Crippen LogP contribution in [0.1, 0.15) is 35.5 Å². The summed E-state index contributed by atoms with van der Waals surface area (Å²) in [5.74, 6) is -0.842. The lowest BCUT2D eigenvalue weighted by Crippen LogP contribution is -2.49. The van der Waals surface area contributed by atoms with Crippen LogP contribution in [0.25, 0.3) is 10.9 Å².